The van der Waals surface area contributed by atoms with Crippen molar-refractivity contribution < 1.29 is 18.1 Å². The highest BCUT2D eigenvalue weighted by atomic mass is 35.5. The molecule has 0 spiro atoms. The van der Waals surface area contributed by atoms with Crippen LogP contribution in [0.1, 0.15) is 0 Å². The third-order valence-electron chi connectivity index (χ3n) is 5.09. The van der Waals surface area contributed by atoms with Gasteiger partial charge in [-0.3, -0.25) is 10.1 Å². The van der Waals surface area contributed by atoms with Crippen molar-refractivity contribution in [2.24, 2.45) is 0 Å². The molecule has 172 valence electrons. The Bertz CT molecular complexity index is 1480. The number of non-ortho nitro benzene ring substituents is 1. The summed E-state index contributed by atoms with van der Waals surface area (Å²) in [6.07, 6.45) is 0. The molecule has 0 N–H and O–H groups in total. The molecular formula is C24H10Cl4F3NO2. The highest BCUT2D eigenvalue weighted by molar-refractivity contribution is 6.41. The van der Waals surface area contributed by atoms with Crippen molar-refractivity contribution in [3.05, 3.63) is 108 Å². The Morgan fingerprint density at radius 3 is 2.09 bits per heavy atom. The van der Waals surface area contributed by atoms with Gasteiger partial charge in [0.15, 0.2) is 11.6 Å². The molecule has 34 heavy (non-hydrogen) atoms. The van der Waals surface area contributed by atoms with Gasteiger partial charge >= 0.3 is 0 Å². The monoisotopic (exact) mass is 541 g/mol. The lowest BCUT2D eigenvalue weighted by Crippen LogP contribution is -1.98. The van der Waals surface area contributed by atoms with Crippen LogP contribution in [0.2, 0.25) is 20.1 Å². The summed E-state index contributed by atoms with van der Waals surface area (Å²) in [5, 5.41) is 11.4. The second-order valence-electron chi connectivity index (χ2n) is 7.12. The number of hydrogen-bond acceptors (Lipinski definition) is 2. The van der Waals surface area contributed by atoms with Crippen molar-refractivity contribution in [2.45, 2.75) is 0 Å². The minimum absolute atomic E-state index is 0.00996. The van der Waals surface area contributed by atoms with Crippen molar-refractivity contribution in [1.82, 2.24) is 0 Å². The zero-order valence-corrected chi connectivity index (χ0v) is 19.7. The number of hydrogen-bond donors (Lipinski definition) is 0. The molecule has 0 unspecified atom stereocenters. The fourth-order valence-corrected chi connectivity index (χ4v) is 4.67. The zero-order valence-electron chi connectivity index (χ0n) is 16.7. The molecule has 0 saturated carbocycles. The molecule has 0 atom stereocenters. The molecule has 3 nitrogen and oxygen atoms in total. The molecule has 0 amide bonds. The van der Waals surface area contributed by atoms with E-state index >= 15 is 4.39 Å². The van der Waals surface area contributed by atoms with Gasteiger partial charge in [0.1, 0.15) is 5.82 Å². The Morgan fingerprint density at radius 2 is 1.41 bits per heavy atom. The molecule has 0 heterocycles. The number of nitro benzene ring substituents is 1. The van der Waals surface area contributed by atoms with Gasteiger partial charge in [-0.25, -0.2) is 13.2 Å². The van der Waals surface area contributed by atoms with Crippen LogP contribution in [0, 0.1) is 27.6 Å². The molecule has 0 bridgehead atoms. The first-order valence-corrected chi connectivity index (χ1v) is 11.0. The van der Waals surface area contributed by atoms with Crippen molar-refractivity contribution in [2.75, 3.05) is 0 Å². The average Bonchev–Trinajstić information content (AvgIpc) is 2.77. The highest BCUT2D eigenvalue weighted by Gasteiger charge is 2.26. The summed E-state index contributed by atoms with van der Waals surface area (Å²) in [7, 11) is 0. The van der Waals surface area contributed by atoms with Gasteiger partial charge in [0.25, 0.3) is 5.69 Å². The van der Waals surface area contributed by atoms with Crippen LogP contribution < -0.4 is 0 Å². The third-order valence-corrected chi connectivity index (χ3v) is 6.35. The summed E-state index contributed by atoms with van der Waals surface area (Å²) >= 11 is 25.3. The first-order valence-electron chi connectivity index (χ1n) is 9.46. The van der Waals surface area contributed by atoms with Crippen molar-refractivity contribution in [3.8, 4) is 33.4 Å². The SMILES string of the molecule is O=[N+]([O-])c1ccc(Cl)c(-c2c(F)cc(-c3cccc(F)c3F)c(-c3ccc(Cl)cc3Cl)c2Cl)c1. The molecule has 0 aliphatic rings. The fraction of sp³-hybridized carbons (Fsp3) is 0. The minimum Gasteiger partial charge on any atom is -0.258 e. The predicted molar refractivity (Wildman–Crippen MR) is 129 cm³/mol. The van der Waals surface area contributed by atoms with Crippen LogP contribution in [0.25, 0.3) is 33.4 Å². The number of rotatable bonds is 4. The summed E-state index contributed by atoms with van der Waals surface area (Å²) in [6, 6.07) is 12.3. The molecule has 0 aliphatic heterocycles. The first kappa shape index (κ1) is 24.4. The van der Waals surface area contributed by atoms with Gasteiger partial charge in [-0.15, -0.1) is 0 Å². The van der Waals surface area contributed by atoms with Crippen LogP contribution in [0.4, 0.5) is 18.9 Å². The summed E-state index contributed by atoms with van der Waals surface area (Å²) in [6.45, 7) is 0. The van der Waals surface area contributed by atoms with Gasteiger partial charge < -0.3 is 0 Å². The molecular weight excluding hydrogens is 533 g/mol. The lowest BCUT2D eigenvalue weighted by molar-refractivity contribution is -0.384. The van der Waals surface area contributed by atoms with E-state index in [0.29, 0.717) is 5.02 Å². The predicted octanol–water partition coefficient (Wildman–Crippen LogP) is 9.63. The van der Waals surface area contributed by atoms with Gasteiger partial charge in [0.2, 0.25) is 0 Å². The highest BCUT2D eigenvalue weighted by Crippen LogP contribution is 2.48. The van der Waals surface area contributed by atoms with Crippen LogP contribution >= 0.6 is 46.4 Å². The van der Waals surface area contributed by atoms with Gasteiger partial charge in [-0.2, -0.15) is 0 Å². The van der Waals surface area contributed by atoms with Crippen molar-refractivity contribution >= 4 is 52.1 Å². The molecule has 0 aliphatic carbocycles. The van der Waals surface area contributed by atoms with E-state index in [2.05, 4.69) is 0 Å². The van der Waals surface area contributed by atoms with Crippen LogP contribution in [0.15, 0.2) is 60.7 Å². The van der Waals surface area contributed by atoms with E-state index in [-0.39, 0.29) is 54.1 Å². The van der Waals surface area contributed by atoms with E-state index in [9.17, 15) is 18.9 Å². The standard InChI is InChI=1S/C24H10Cl4F3NO2/c25-11-4-6-14(18(27)8-11)21-15(13-2-1-3-19(29)24(13)31)10-20(30)22(23(21)28)16-9-12(32(33)34)5-7-17(16)26/h1-10H. The van der Waals surface area contributed by atoms with Gasteiger partial charge in [-0.05, 0) is 35.9 Å². The second-order valence-corrected chi connectivity index (χ2v) is 8.75. The molecule has 4 rings (SSSR count). The second kappa shape index (κ2) is 9.47. The smallest absolute Gasteiger partial charge is 0.258 e. The van der Waals surface area contributed by atoms with E-state index in [1.807, 2.05) is 0 Å². The lowest BCUT2D eigenvalue weighted by Gasteiger charge is -2.19. The number of benzene rings is 4. The van der Waals surface area contributed by atoms with E-state index in [1.165, 1.54) is 36.4 Å². The van der Waals surface area contributed by atoms with E-state index in [0.717, 1.165) is 24.3 Å². The molecule has 10 heteroatoms. The Balaban J connectivity index is 2.14. The van der Waals surface area contributed by atoms with Crippen LogP contribution in [0.5, 0.6) is 0 Å². The topological polar surface area (TPSA) is 43.1 Å². The largest absolute Gasteiger partial charge is 0.270 e. The maximum atomic E-state index is 15.5. The molecule has 0 fully saturated rings. The van der Waals surface area contributed by atoms with Gasteiger partial charge in [0, 0.05) is 55.0 Å². The maximum Gasteiger partial charge on any atom is 0.270 e. The normalized spacial score (nSPS) is 11.0. The van der Waals surface area contributed by atoms with Crippen LogP contribution in [0.3, 0.4) is 0 Å². The van der Waals surface area contributed by atoms with Gasteiger partial charge in [0.05, 0.1) is 9.95 Å². The number of nitro groups is 1. The summed E-state index contributed by atoms with van der Waals surface area (Å²) in [5.74, 6) is -3.32. The van der Waals surface area contributed by atoms with Gasteiger partial charge in [-0.1, -0.05) is 64.6 Å². The fourth-order valence-electron chi connectivity index (χ4n) is 3.56. The zero-order chi connectivity index (χ0) is 24.7. The lowest BCUT2D eigenvalue weighted by atomic mass is 9.90. The van der Waals surface area contributed by atoms with Crippen LogP contribution in [-0.4, -0.2) is 4.92 Å². The Labute approximate surface area is 211 Å². The molecule has 4 aromatic rings. The Morgan fingerprint density at radius 1 is 0.676 bits per heavy atom. The summed E-state index contributed by atoms with van der Waals surface area (Å²) in [5.41, 5.74) is -0.717. The molecule has 0 radical (unpaired) electrons. The van der Waals surface area contributed by atoms with E-state index in [4.69, 9.17) is 46.4 Å². The summed E-state index contributed by atoms with van der Waals surface area (Å²) in [4.78, 5) is 10.6. The number of halogens is 7. The van der Waals surface area contributed by atoms with E-state index < -0.39 is 22.4 Å². The third kappa shape index (κ3) is 4.34. The summed E-state index contributed by atoms with van der Waals surface area (Å²) < 4.78 is 44.3. The van der Waals surface area contributed by atoms with Crippen molar-refractivity contribution in [1.29, 1.82) is 0 Å². The van der Waals surface area contributed by atoms with E-state index in [1.54, 1.807) is 0 Å². The first-order chi connectivity index (χ1) is 16.1. The Hall–Kier alpha value is -2.77. The quantitative estimate of drug-likeness (QED) is 0.190. The number of nitrogens with zero attached hydrogens (tertiary/aromatic N) is 1. The molecule has 0 saturated heterocycles. The Kier molecular flexibility index (Phi) is 6.78. The maximum absolute atomic E-state index is 15.5. The molecule has 4 aromatic carbocycles. The average molecular weight is 543 g/mol. The van der Waals surface area contributed by atoms with Crippen molar-refractivity contribution in [3.63, 3.8) is 0 Å². The molecule has 0 aromatic heterocycles. The van der Waals surface area contributed by atoms with Crippen LogP contribution in [-0.2, 0) is 0 Å². The minimum atomic E-state index is -1.22.